The first-order chi connectivity index (χ1) is 11.9. The Labute approximate surface area is 219 Å². The van der Waals surface area contributed by atoms with Gasteiger partial charge in [0.2, 0.25) is 0 Å². The Hall–Kier alpha value is 2.63. The van der Waals surface area contributed by atoms with Crippen LogP contribution < -0.4 is 0 Å². The zero-order chi connectivity index (χ0) is 21.2. The van der Waals surface area contributed by atoms with E-state index in [1.165, 1.54) is 72.2 Å². The molecule has 0 bridgehead atoms. The van der Waals surface area contributed by atoms with Crippen molar-refractivity contribution >= 4 is 81.7 Å². The summed E-state index contributed by atoms with van der Waals surface area (Å²) in [7, 11) is 2.76. The molecule has 0 amide bonds. The van der Waals surface area contributed by atoms with Gasteiger partial charge in [-0.1, -0.05) is 34.6 Å². The maximum atomic E-state index is 2.24. The fraction of sp³-hybridized carbons (Fsp3) is 0.500. The summed E-state index contributed by atoms with van der Waals surface area (Å²) < 4.78 is 0. The van der Waals surface area contributed by atoms with Crippen LogP contribution in [0.25, 0.3) is 0 Å². The second-order valence-corrected chi connectivity index (χ2v) is 23.9. The van der Waals surface area contributed by atoms with Crippen LogP contribution in [-0.4, -0.2) is 0 Å². The first-order valence-electron chi connectivity index (χ1n) is 8.00. The minimum atomic E-state index is 1.38. The molecule has 0 N–H and O–H groups in total. The summed E-state index contributed by atoms with van der Waals surface area (Å²) in [5.41, 5.74) is 14.7. The van der Waals surface area contributed by atoms with Gasteiger partial charge in [0.1, 0.15) is 0 Å². The normalized spacial score (nSPS) is 9.77. The summed E-state index contributed by atoms with van der Waals surface area (Å²) in [4.78, 5) is 0. The summed E-state index contributed by atoms with van der Waals surface area (Å²) in [5, 5.41) is 0. The topological polar surface area (TPSA) is 0 Å². The van der Waals surface area contributed by atoms with E-state index in [2.05, 4.69) is 151 Å². The molecule has 26 heavy (non-hydrogen) atoms. The van der Waals surface area contributed by atoms with Crippen molar-refractivity contribution in [2.45, 2.75) is 69.2 Å². The number of hydrogen-bond acceptors (Lipinski definition) is 0. The van der Waals surface area contributed by atoms with Crippen LogP contribution in [0.5, 0.6) is 0 Å². The van der Waals surface area contributed by atoms with Crippen molar-refractivity contribution in [1.82, 2.24) is 0 Å². The van der Waals surface area contributed by atoms with Crippen LogP contribution in [0.2, 0.25) is 0 Å². The molecule has 2 rings (SSSR count). The Morgan fingerprint density at radius 3 is 0.731 bits per heavy atom. The van der Waals surface area contributed by atoms with E-state index in [1.54, 1.807) is 0 Å². The summed E-state index contributed by atoms with van der Waals surface area (Å²) in [5.74, 6) is 0. The molecule has 0 radical (unpaired) electrons. The minimum absolute atomic E-state index is 1.38. The molecule has 0 fully saturated rings. The average molecular weight is 896 g/mol. The zero-order valence-corrected chi connectivity index (χ0v) is 27.9. The van der Waals surface area contributed by atoms with Crippen molar-refractivity contribution in [2.75, 3.05) is 0 Å². The molecule has 0 aliphatic heterocycles. The van der Waals surface area contributed by atoms with Gasteiger partial charge in [0.05, 0.1) is 0 Å². The Morgan fingerprint density at radius 2 is 0.654 bits per heavy atom. The Kier molecular flexibility index (Phi) is 19.4. The van der Waals surface area contributed by atoms with Crippen molar-refractivity contribution in [3.05, 3.63) is 55.6 Å². The molecule has 0 heterocycles. The monoisotopic (exact) mass is 896 g/mol. The molecule has 2 aromatic carbocycles. The summed E-state index contributed by atoms with van der Waals surface area (Å²) in [6, 6.07) is 0. The average Bonchev–Trinajstić information content (AvgIpc) is 2.87. The quantitative estimate of drug-likeness (QED) is 0.183. The summed E-state index contributed by atoms with van der Waals surface area (Å²) >= 11 is 8.98. The van der Waals surface area contributed by atoms with Crippen LogP contribution in [0.4, 0.5) is 0 Å². The van der Waals surface area contributed by atoms with Gasteiger partial charge in [-0.25, -0.2) is 34.6 Å². The van der Waals surface area contributed by atoms with E-state index in [-0.39, 0.29) is 0 Å². The van der Waals surface area contributed by atoms with Crippen molar-refractivity contribution in [1.29, 1.82) is 0 Å². The first-order valence-corrected chi connectivity index (χ1v) is 21.4. The zero-order valence-electron chi connectivity index (χ0n) is 17.2. The third-order valence-electron chi connectivity index (χ3n) is 5.62. The summed E-state index contributed by atoms with van der Waals surface area (Å²) in [6.45, 7) is 22.0. The molecule has 2 aromatic rings. The molecule has 0 atom stereocenters. The van der Waals surface area contributed by atoms with Crippen molar-refractivity contribution < 1.29 is 16.5 Å². The van der Waals surface area contributed by atoms with Crippen molar-refractivity contribution in [2.24, 2.45) is 0 Å². The second-order valence-electron chi connectivity index (χ2n) is 6.35. The predicted molar refractivity (Wildman–Crippen MR) is 148 cm³/mol. The molecule has 0 nitrogen and oxygen atoms in total. The Balaban J connectivity index is 0. The van der Waals surface area contributed by atoms with Gasteiger partial charge >= 0.3 is 98.2 Å². The van der Waals surface area contributed by atoms with Gasteiger partial charge in [0.15, 0.2) is 0 Å². The van der Waals surface area contributed by atoms with Crippen LogP contribution in [0, 0.1) is 69.2 Å². The van der Waals surface area contributed by atoms with E-state index in [0.29, 0.717) is 0 Å². The van der Waals surface area contributed by atoms with E-state index in [1.807, 2.05) is 0 Å². The van der Waals surface area contributed by atoms with Gasteiger partial charge in [-0.15, -0.1) is 0 Å². The van der Waals surface area contributed by atoms with Gasteiger partial charge in [-0.05, 0) is 0 Å². The van der Waals surface area contributed by atoms with Gasteiger partial charge in [0.25, 0.3) is 0 Å². The standard InChI is InChI=1S/2C10H15.2Co.4HI/c2*1-6-7(2)9(4)10(5)8(6)3;;;;;;/h2*1-5H3;;;4*1H/q-5;-1;2*+2;;;;/p-4. The van der Waals surface area contributed by atoms with Crippen LogP contribution in [-0.2, 0) is 16.5 Å². The van der Waals surface area contributed by atoms with Gasteiger partial charge in [-0.3, -0.25) is 0 Å². The summed E-state index contributed by atoms with van der Waals surface area (Å²) in [6.07, 6.45) is 0. The Morgan fingerprint density at radius 1 is 0.500 bits per heavy atom. The molecule has 0 spiro atoms. The van der Waals surface area contributed by atoms with Crippen LogP contribution in [0.1, 0.15) is 55.6 Å². The molecule has 0 unspecified atom stereocenters. The van der Waals surface area contributed by atoms with Gasteiger partial charge in [-0.2, -0.15) is 27.8 Å². The van der Waals surface area contributed by atoms with E-state index in [9.17, 15) is 0 Å². The van der Waals surface area contributed by atoms with E-state index in [4.69, 9.17) is 0 Å². The molecule has 162 valence electrons. The third kappa shape index (κ3) is 9.63. The first kappa shape index (κ1) is 30.8. The fourth-order valence-corrected chi connectivity index (χ4v) is 2.81. The number of hydrogen-bond donors (Lipinski definition) is 0. The number of halogens is 4. The molecular weight excluding hydrogens is 866 g/mol. The van der Waals surface area contributed by atoms with E-state index < -0.39 is 0 Å². The number of rotatable bonds is 0. The van der Waals surface area contributed by atoms with E-state index >= 15 is 0 Å². The SMILES string of the molecule is C[c-]1[c-](C)[c-](C)[c-](C)[c-]1C.Cc1c(C)c(C)[c-](C)c1C.[I][Co][I].[I][Co][I]. The van der Waals surface area contributed by atoms with E-state index in [0.717, 1.165) is 0 Å². The van der Waals surface area contributed by atoms with Gasteiger partial charge in [0, 0.05) is 0 Å². The van der Waals surface area contributed by atoms with Crippen LogP contribution >= 0.6 is 81.7 Å². The molecule has 0 saturated heterocycles. The molecule has 0 saturated carbocycles. The molecular formula is C20H30Co2I4-6. The molecule has 0 aliphatic carbocycles. The van der Waals surface area contributed by atoms with Crippen LogP contribution in [0.15, 0.2) is 0 Å². The molecule has 0 aromatic heterocycles. The maximum absolute atomic E-state index is 2.24. The van der Waals surface area contributed by atoms with Crippen molar-refractivity contribution in [3.63, 3.8) is 0 Å². The molecule has 0 aliphatic rings. The second kappa shape index (κ2) is 16.3. The third-order valence-corrected chi connectivity index (χ3v) is 5.62. The fourth-order valence-electron chi connectivity index (χ4n) is 2.81. The van der Waals surface area contributed by atoms with Crippen LogP contribution in [0.3, 0.4) is 0 Å². The Bertz CT molecular complexity index is 452. The molecule has 6 heteroatoms. The predicted octanol–water partition coefficient (Wildman–Crippen LogP) is 9.43. The van der Waals surface area contributed by atoms with Crippen molar-refractivity contribution in [3.8, 4) is 0 Å². The van der Waals surface area contributed by atoms with Gasteiger partial charge < -0.3 is 27.8 Å².